The lowest BCUT2D eigenvalue weighted by Gasteiger charge is -2.43. The number of aromatic nitrogens is 1. The van der Waals surface area contributed by atoms with E-state index in [-0.39, 0.29) is 29.5 Å². The molecule has 42 heavy (non-hydrogen) atoms. The number of piperazine rings is 1. The van der Waals surface area contributed by atoms with Crippen molar-refractivity contribution in [2.75, 3.05) is 56.2 Å². The fourth-order valence-electron chi connectivity index (χ4n) is 6.37. The molecule has 2 fully saturated rings. The number of hydrogen-bond donors (Lipinski definition) is 0. The molecule has 10 heteroatoms. The molecule has 0 saturated carbocycles. The second-order valence-corrected chi connectivity index (χ2v) is 12.2. The minimum absolute atomic E-state index is 0.0236. The van der Waals surface area contributed by atoms with Gasteiger partial charge in [0.25, 0.3) is 0 Å². The number of anilines is 2. The van der Waals surface area contributed by atoms with Crippen LogP contribution in [0.4, 0.5) is 11.6 Å². The maximum absolute atomic E-state index is 13.1. The lowest BCUT2D eigenvalue weighted by Crippen LogP contribution is -2.55. The Morgan fingerprint density at radius 2 is 2.07 bits per heavy atom. The molecule has 1 aliphatic carbocycles. The van der Waals surface area contributed by atoms with Crippen molar-refractivity contribution in [3.8, 4) is 0 Å². The van der Waals surface area contributed by atoms with E-state index < -0.39 is 0 Å². The van der Waals surface area contributed by atoms with Crippen LogP contribution in [0.3, 0.4) is 0 Å². The van der Waals surface area contributed by atoms with Gasteiger partial charge in [0.05, 0.1) is 28.8 Å². The van der Waals surface area contributed by atoms with E-state index in [9.17, 15) is 9.59 Å². The van der Waals surface area contributed by atoms with Crippen LogP contribution < -0.4 is 9.80 Å². The molecular weight excluding hydrogens is 552 g/mol. The number of nitrogens with zero attached hydrogens (tertiary/aromatic N) is 6. The molecule has 4 rings (SSSR count). The van der Waals surface area contributed by atoms with Gasteiger partial charge in [0.1, 0.15) is 17.5 Å². The number of pyridine rings is 1. The first-order chi connectivity index (χ1) is 20.1. The molecule has 2 saturated heterocycles. The number of carbonyl (C=O) groups excluding carboxylic acids is 2. The number of ether oxygens (including phenoxy) is 1. The van der Waals surface area contributed by atoms with Crippen LogP contribution in [-0.2, 0) is 14.3 Å². The van der Waals surface area contributed by atoms with Crippen molar-refractivity contribution in [2.24, 2.45) is 10.9 Å². The summed E-state index contributed by atoms with van der Waals surface area (Å²) in [6.07, 6.45) is 10.3. The molecule has 9 nitrogen and oxygen atoms in total. The number of amides is 2. The summed E-state index contributed by atoms with van der Waals surface area (Å²) in [5, 5.41) is 0.494. The van der Waals surface area contributed by atoms with E-state index in [1.54, 1.807) is 16.8 Å². The standard InChI is InChI=1S/C32H45ClN6O3/c1-8-23-12-11-13-24(9-2)28(23)39(21-40)30-25(18-26(33)31(35-30)37-16-17-42-32(5,6)20-37)29(34-7)38-15-14-36(19-22(38)4)27(41)10-3/h10-13,18,21-23,28H,3,8-9,14-17,19-20H2,1-2,4-7H3. The summed E-state index contributed by atoms with van der Waals surface area (Å²) in [6.45, 7) is 17.6. The first-order valence-corrected chi connectivity index (χ1v) is 15.3. The van der Waals surface area contributed by atoms with Crippen molar-refractivity contribution >= 4 is 41.4 Å². The molecular formula is C32H45ClN6O3. The van der Waals surface area contributed by atoms with Crippen LogP contribution in [0, 0.1) is 5.92 Å². The maximum atomic E-state index is 13.1. The highest BCUT2D eigenvalue weighted by Gasteiger charge is 2.37. The molecule has 3 heterocycles. The largest absolute Gasteiger partial charge is 0.372 e. The molecule has 228 valence electrons. The van der Waals surface area contributed by atoms with Gasteiger partial charge in [0, 0.05) is 51.7 Å². The molecule has 0 radical (unpaired) electrons. The summed E-state index contributed by atoms with van der Waals surface area (Å²) in [4.78, 5) is 43.3. The second kappa shape index (κ2) is 13.4. The Bertz CT molecular complexity index is 1270. The normalized spacial score (nSPS) is 24.4. The number of allylic oxidation sites excluding steroid dienone is 2. The highest BCUT2D eigenvalue weighted by molar-refractivity contribution is 6.33. The van der Waals surface area contributed by atoms with E-state index >= 15 is 0 Å². The monoisotopic (exact) mass is 596 g/mol. The van der Waals surface area contributed by atoms with Gasteiger partial charge >= 0.3 is 0 Å². The number of rotatable bonds is 8. The summed E-state index contributed by atoms with van der Waals surface area (Å²) in [7, 11) is 1.75. The van der Waals surface area contributed by atoms with Crippen LogP contribution in [0.2, 0.25) is 5.02 Å². The van der Waals surface area contributed by atoms with Crippen molar-refractivity contribution in [2.45, 2.75) is 65.1 Å². The molecule has 1 aromatic heterocycles. The third kappa shape index (κ3) is 6.42. The summed E-state index contributed by atoms with van der Waals surface area (Å²) < 4.78 is 5.96. The number of amidine groups is 1. The molecule has 0 spiro atoms. The van der Waals surface area contributed by atoms with Gasteiger partial charge in [-0.1, -0.05) is 50.3 Å². The van der Waals surface area contributed by atoms with Crippen molar-refractivity contribution in [1.82, 2.24) is 14.8 Å². The molecule has 2 aliphatic heterocycles. The Labute approximate surface area is 255 Å². The maximum Gasteiger partial charge on any atom is 0.246 e. The lowest BCUT2D eigenvalue weighted by molar-refractivity contribution is -0.128. The molecule has 0 bridgehead atoms. The third-order valence-corrected chi connectivity index (χ3v) is 8.77. The average Bonchev–Trinajstić information content (AvgIpc) is 2.98. The van der Waals surface area contributed by atoms with E-state index in [4.69, 9.17) is 26.3 Å². The number of hydrogen-bond acceptors (Lipinski definition) is 6. The number of aliphatic imine (C=N–C) groups is 1. The highest BCUT2D eigenvalue weighted by atomic mass is 35.5. The zero-order valence-corrected chi connectivity index (χ0v) is 26.6. The molecule has 3 aliphatic rings. The summed E-state index contributed by atoms with van der Waals surface area (Å²) in [5.74, 6) is 1.91. The Morgan fingerprint density at radius 1 is 1.31 bits per heavy atom. The second-order valence-electron chi connectivity index (χ2n) is 11.8. The fraction of sp³-hybridized carbons (Fsp3) is 0.562. The first-order valence-electron chi connectivity index (χ1n) is 14.9. The Balaban J connectivity index is 1.85. The van der Waals surface area contributed by atoms with Crippen molar-refractivity contribution in [3.63, 3.8) is 0 Å². The Hall–Kier alpha value is -3.17. The van der Waals surface area contributed by atoms with E-state index in [1.807, 2.05) is 6.07 Å². The summed E-state index contributed by atoms with van der Waals surface area (Å²) >= 11 is 7.02. The van der Waals surface area contributed by atoms with E-state index in [2.05, 4.69) is 69.2 Å². The lowest BCUT2D eigenvalue weighted by atomic mass is 9.84. The smallest absolute Gasteiger partial charge is 0.246 e. The summed E-state index contributed by atoms with van der Waals surface area (Å²) in [6, 6.07) is 1.70. The number of morpholine rings is 1. The van der Waals surface area contributed by atoms with Crippen molar-refractivity contribution < 1.29 is 14.3 Å². The van der Waals surface area contributed by atoms with Gasteiger partial charge in [-0.15, -0.1) is 0 Å². The molecule has 2 amide bonds. The molecule has 1 aromatic rings. The van der Waals surface area contributed by atoms with E-state index in [0.717, 1.165) is 19.3 Å². The molecule has 0 N–H and O–H groups in total. The van der Waals surface area contributed by atoms with Gasteiger partial charge in [0.15, 0.2) is 0 Å². The van der Waals surface area contributed by atoms with Crippen LogP contribution in [0.1, 0.15) is 53.0 Å². The average molecular weight is 597 g/mol. The quantitative estimate of drug-likeness (QED) is 0.187. The topological polar surface area (TPSA) is 81.6 Å². The minimum Gasteiger partial charge on any atom is -0.372 e. The van der Waals surface area contributed by atoms with E-state index in [0.29, 0.717) is 67.4 Å². The van der Waals surface area contributed by atoms with Gasteiger partial charge < -0.3 is 19.4 Å². The van der Waals surface area contributed by atoms with Crippen molar-refractivity contribution in [3.05, 3.63) is 53.1 Å². The Morgan fingerprint density at radius 3 is 2.67 bits per heavy atom. The number of carbonyl (C=O) groups is 2. The van der Waals surface area contributed by atoms with Crippen LogP contribution in [0.15, 0.2) is 47.5 Å². The van der Waals surface area contributed by atoms with E-state index in [1.165, 1.54) is 11.6 Å². The zero-order chi connectivity index (χ0) is 30.6. The predicted octanol–water partition coefficient (Wildman–Crippen LogP) is 4.71. The minimum atomic E-state index is -0.361. The highest BCUT2D eigenvalue weighted by Crippen LogP contribution is 2.38. The first kappa shape index (κ1) is 31.8. The van der Waals surface area contributed by atoms with Gasteiger partial charge in [0.2, 0.25) is 12.3 Å². The van der Waals surface area contributed by atoms with Gasteiger partial charge in [-0.3, -0.25) is 19.5 Å². The van der Waals surface area contributed by atoms with Crippen LogP contribution in [0.25, 0.3) is 0 Å². The van der Waals surface area contributed by atoms with Crippen LogP contribution in [-0.4, -0.2) is 97.0 Å². The van der Waals surface area contributed by atoms with Gasteiger partial charge in [-0.2, -0.15) is 0 Å². The number of halogens is 1. The molecule has 0 aromatic carbocycles. The zero-order valence-electron chi connectivity index (χ0n) is 25.8. The van der Waals surface area contributed by atoms with Crippen molar-refractivity contribution in [1.29, 1.82) is 0 Å². The SMILES string of the molecule is C=CC(=O)N1CCN(C(=NC)c2cc(Cl)c(N3CCOC(C)(C)C3)nc2N(C=O)C2C(CC)=CC=CC2CC)C(C)C1. The van der Waals surface area contributed by atoms with Crippen LogP contribution in [0.5, 0.6) is 0 Å². The molecule has 3 unspecified atom stereocenters. The van der Waals surface area contributed by atoms with Gasteiger partial charge in [-0.25, -0.2) is 4.98 Å². The van der Waals surface area contributed by atoms with Crippen LogP contribution >= 0.6 is 11.6 Å². The molecule has 3 atom stereocenters. The predicted molar refractivity (Wildman–Crippen MR) is 171 cm³/mol. The van der Waals surface area contributed by atoms with Gasteiger partial charge in [-0.05, 0) is 51.3 Å². The fourth-order valence-corrected chi connectivity index (χ4v) is 6.65. The third-order valence-electron chi connectivity index (χ3n) is 8.49. The Kier molecular flexibility index (Phi) is 10.1. The summed E-state index contributed by atoms with van der Waals surface area (Å²) in [5.41, 5.74) is 1.51.